The van der Waals surface area contributed by atoms with Crippen molar-refractivity contribution in [2.75, 3.05) is 52.9 Å². The molecule has 2 amide bonds. The molecular weight excluding hydrogens is 522 g/mol. The molecule has 10 nitrogen and oxygen atoms in total. The van der Waals surface area contributed by atoms with Crippen LogP contribution in [0.2, 0.25) is 0 Å². The fourth-order valence-electron chi connectivity index (χ4n) is 6.43. The highest BCUT2D eigenvalue weighted by Crippen LogP contribution is 2.29. The molecule has 0 saturated carbocycles. The molecule has 6 rings (SSSR count). The number of carbonyl (C=O) groups is 2. The lowest BCUT2D eigenvalue weighted by Gasteiger charge is -2.37. The number of imide groups is 1. The van der Waals surface area contributed by atoms with Crippen molar-refractivity contribution in [1.29, 1.82) is 0 Å². The van der Waals surface area contributed by atoms with Crippen LogP contribution in [-0.2, 0) is 22.7 Å². The van der Waals surface area contributed by atoms with Crippen LogP contribution < -0.4 is 15.8 Å². The molecule has 0 aliphatic carbocycles. The van der Waals surface area contributed by atoms with Crippen LogP contribution >= 0.6 is 0 Å². The molecule has 0 bridgehead atoms. The smallest absolute Gasteiger partial charge is 0.420 e. The molecule has 41 heavy (non-hydrogen) atoms. The quantitative estimate of drug-likeness (QED) is 0.419. The Labute approximate surface area is 239 Å². The number of nitrogens with one attached hydrogen (secondary N) is 1. The summed E-state index contributed by atoms with van der Waals surface area (Å²) in [6, 6.07) is 12.3. The van der Waals surface area contributed by atoms with Gasteiger partial charge in [0.2, 0.25) is 5.91 Å². The maximum atomic E-state index is 13.5. The molecule has 3 aromatic rings. The number of benzene rings is 2. The van der Waals surface area contributed by atoms with E-state index in [0.29, 0.717) is 16.8 Å². The zero-order chi connectivity index (χ0) is 28.3. The second-order valence-corrected chi connectivity index (χ2v) is 11.5. The number of oxazole rings is 1. The summed E-state index contributed by atoms with van der Waals surface area (Å²) in [5, 5.41) is 3.45. The lowest BCUT2D eigenvalue weighted by molar-refractivity contribution is -0.151. The number of likely N-dealkylation sites (tertiary alicyclic amines) is 1. The van der Waals surface area contributed by atoms with Crippen molar-refractivity contribution < 1.29 is 18.7 Å². The Bertz CT molecular complexity index is 1430. The number of amides is 2. The Balaban J connectivity index is 1.12. The van der Waals surface area contributed by atoms with Crippen LogP contribution in [0, 0.1) is 5.92 Å². The molecule has 2 aromatic carbocycles. The maximum absolute atomic E-state index is 13.5. The van der Waals surface area contributed by atoms with Crippen LogP contribution in [-0.4, -0.2) is 84.0 Å². The van der Waals surface area contributed by atoms with Gasteiger partial charge < -0.3 is 19.4 Å². The van der Waals surface area contributed by atoms with Gasteiger partial charge in [-0.25, -0.2) is 4.79 Å². The lowest BCUT2D eigenvalue weighted by Crippen LogP contribution is -2.48. The highest BCUT2D eigenvalue weighted by Gasteiger charge is 2.37. The molecule has 3 aliphatic rings. The maximum Gasteiger partial charge on any atom is 0.420 e. The summed E-state index contributed by atoms with van der Waals surface area (Å²) in [7, 11) is 1.59. The van der Waals surface area contributed by atoms with E-state index in [2.05, 4.69) is 15.1 Å². The van der Waals surface area contributed by atoms with E-state index in [1.165, 1.54) is 28.9 Å². The Hall–Kier alpha value is -3.47. The minimum Gasteiger partial charge on any atom is -0.497 e. The van der Waals surface area contributed by atoms with Gasteiger partial charge in [0.25, 0.3) is 5.91 Å². The van der Waals surface area contributed by atoms with E-state index in [9.17, 15) is 14.4 Å². The third-order valence-corrected chi connectivity index (χ3v) is 8.82. The molecule has 10 heteroatoms. The van der Waals surface area contributed by atoms with Crippen molar-refractivity contribution in [1.82, 2.24) is 24.6 Å². The number of piperazine rings is 1. The second kappa shape index (κ2) is 12.2. The largest absolute Gasteiger partial charge is 0.497 e. The number of rotatable bonds is 8. The summed E-state index contributed by atoms with van der Waals surface area (Å²) in [4.78, 5) is 45.5. The first kappa shape index (κ1) is 27.7. The standard InChI is InChI=1S/C31H39N5O5/c1-40-25-5-2-22(3-6-25)21-35-29(37)9-8-27(30(35)38)36-26-7-4-24(18-28(26)41-31(36)39)20-34-16-14-33(15-17-34)19-23-10-12-32-13-11-23/h2-7,18,23,27,32H,8-17,19-21H2,1H3. The fraction of sp³-hybridized carbons (Fsp3) is 0.516. The third kappa shape index (κ3) is 6.10. The van der Waals surface area contributed by atoms with Crippen molar-refractivity contribution >= 4 is 22.9 Å². The van der Waals surface area contributed by atoms with Gasteiger partial charge in [0.1, 0.15) is 11.8 Å². The van der Waals surface area contributed by atoms with E-state index in [1.807, 2.05) is 30.3 Å². The van der Waals surface area contributed by atoms with Crippen molar-refractivity contribution in [3.05, 3.63) is 64.1 Å². The molecule has 0 radical (unpaired) electrons. The lowest BCUT2D eigenvalue weighted by atomic mass is 9.97. The number of methoxy groups -OCH3 is 1. The van der Waals surface area contributed by atoms with Gasteiger partial charge in [-0.15, -0.1) is 0 Å². The first-order valence-electron chi connectivity index (χ1n) is 14.7. The number of hydrogen-bond donors (Lipinski definition) is 1. The molecule has 1 N–H and O–H groups in total. The van der Waals surface area contributed by atoms with Crippen molar-refractivity contribution in [2.24, 2.45) is 5.92 Å². The summed E-state index contributed by atoms with van der Waals surface area (Å²) in [5.74, 6) is 0.324. The van der Waals surface area contributed by atoms with Crippen molar-refractivity contribution in [3.63, 3.8) is 0 Å². The summed E-state index contributed by atoms with van der Waals surface area (Å²) in [6.45, 7) is 8.60. The van der Waals surface area contributed by atoms with Crippen molar-refractivity contribution in [3.8, 4) is 5.75 Å². The molecular formula is C31H39N5O5. The number of carbonyl (C=O) groups excluding carboxylic acids is 2. The molecule has 3 aliphatic heterocycles. The Kier molecular flexibility index (Phi) is 8.23. The van der Waals surface area contributed by atoms with Gasteiger partial charge >= 0.3 is 5.76 Å². The molecule has 1 atom stereocenters. The SMILES string of the molecule is COc1ccc(CN2C(=O)CCC(n3c(=O)oc4cc(CN5CCN(CC6CCNCC6)CC5)ccc43)C2=O)cc1. The predicted octanol–water partition coefficient (Wildman–Crippen LogP) is 2.61. The van der Waals surface area contributed by atoms with Gasteiger partial charge in [-0.05, 0) is 73.7 Å². The zero-order valence-corrected chi connectivity index (χ0v) is 23.7. The average Bonchev–Trinajstić information content (AvgIpc) is 3.32. The van der Waals surface area contributed by atoms with Gasteiger partial charge in [-0.1, -0.05) is 18.2 Å². The van der Waals surface area contributed by atoms with Crippen LogP contribution in [0.4, 0.5) is 0 Å². The second-order valence-electron chi connectivity index (χ2n) is 11.5. The highest BCUT2D eigenvalue weighted by molar-refractivity contribution is 6.00. The summed E-state index contributed by atoms with van der Waals surface area (Å²) in [6.07, 6.45) is 3.01. The zero-order valence-electron chi connectivity index (χ0n) is 23.7. The summed E-state index contributed by atoms with van der Waals surface area (Å²) < 4.78 is 12.3. The number of aromatic nitrogens is 1. The molecule has 1 aromatic heterocycles. The van der Waals surface area contributed by atoms with Crippen LogP contribution in [0.15, 0.2) is 51.7 Å². The van der Waals surface area contributed by atoms with Crippen LogP contribution in [0.1, 0.15) is 42.9 Å². The molecule has 0 spiro atoms. The number of hydrogen-bond acceptors (Lipinski definition) is 8. The molecule has 4 heterocycles. The minimum atomic E-state index is -0.779. The van der Waals surface area contributed by atoms with Gasteiger partial charge in [0, 0.05) is 45.7 Å². The molecule has 1 unspecified atom stereocenters. The monoisotopic (exact) mass is 561 g/mol. The third-order valence-electron chi connectivity index (χ3n) is 8.82. The van der Waals surface area contributed by atoms with Crippen LogP contribution in [0.25, 0.3) is 11.1 Å². The summed E-state index contributed by atoms with van der Waals surface area (Å²) >= 11 is 0. The summed E-state index contributed by atoms with van der Waals surface area (Å²) in [5.41, 5.74) is 2.96. The number of nitrogens with zero attached hydrogens (tertiary/aromatic N) is 4. The highest BCUT2D eigenvalue weighted by atomic mass is 16.5. The Morgan fingerprint density at radius 3 is 2.32 bits per heavy atom. The number of fused-ring (bicyclic) bond motifs is 1. The van der Waals surface area contributed by atoms with Gasteiger partial charge in [-0.3, -0.25) is 24.0 Å². The fourth-order valence-corrected chi connectivity index (χ4v) is 6.43. The predicted molar refractivity (Wildman–Crippen MR) is 155 cm³/mol. The molecule has 218 valence electrons. The average molecular weight is 562 g/mol. The first-order chi connectivity index (χ1) is 20.0. The Morgan fingerprint density at radius 1 is 0.878 bits per heavy atom. The van der Waals surface area contributed by atoms with E-state index >= 15 is 0 Å². The number of piperidine rings is 2. The van der Waals surface area contributed by atoms with E-state index in [4.69, 9.17) is 9.15 Å². The van der Waals surface area contributed by atoms with E-state index < -0.39 is 11.8 Å². The topological polar surface area (TPSA) is 100 Å². The van der Waals surface area contributed by atoms with Crippen LogP contribution in [0.5, 0.6) is 5.75 Å². The molecule has 3 fully saturated rings. The molecule has 3 saturated heterocycles. The van der Waals surface area contributed by atoms with E-state index in [-0.39, 0.29) is 31.2 Å². The van der Waals surface area contributed by atoms with Gasteiger partial charge in [0.05, 0.1) is 19.2 Å². The minimum absolute atomic E-state index is 0.151. The first-order valence-corrected chi connectivity index (χ1v) is 14.7. The Morgan fingerprint density at radius 2 is 1.59 bits per heavy atom. The van der Waals surface area contributed by atoms with Crippen molar-refractivity contribution in [2.45, 2.75) is 44.8 Å². The normalized spacial score (nSPS) is 21.6. The van der Waals surface area contributed by atoms with Crippen LogP contribution in [0.3, 0.4) is 0 Å². The van der Waals surface area contributed by atoms with E-state index in [1.54, 1.807) is 19.2 Å². The van der Waals surface area contributed by atoms with Gasteiger partial charge in [-0.2, -0.15) is 0 Å². The van der Waals surface area contributed by atoms with E-state index in [0.717, 1.165) is 62.9 Å². The number of ether oxygens (including phenoxy) is 1. The van der Waals surface area contributed by atoms with Gasteiger partial charge in [0.15, 0.2) is 5.58 Å².